The number of anilines is 1. The van der Waals surface area contributed by atoms with Gasteiger partial charge in [0, 0.05) is 18.1 Å². The van der Waals surface area contributed by atoms with Crippen molar-refractivity contribution in [1.82, 2.24) is 10.3 Å². The van der Waals surface area contributed by atoms with Crippen LogP contribution in [0.25, 0.3) is 0 Å². The highest BCUT2D eigenvalue weighted by molar-refractivity contribution is 7.09. The summed E-state index contributed by atoms with van der Waals surface area (Å²) in [6, 6.07) is 5.50. The van der Waals surface area contributed by atoms with Crippen molar-refractivity contribution in [3.05, 3.63) is 40.3 Å². The predicted molar refractivity (Wildman–Crippen MR) is 83.0 cm³/mol. The number of rotatable bonds is 4. The first-order valence-corrected chi connectivity index (χ1v) is 7.87. The van der Waals surface area contributed by atoms with Gasteiger partial charge in [0.05, 0.1) is 17.3 Å². The number of amides is 1. The van der Waals surface area contributed by atoms with Crippen molar-refractivity contribution in [1.29, 1.82) is 0 Å². The van der Waals surface area contributed by atoms with Crippen LogP contribution in [-0.4, -0.2) is 24.0 Å². The Hall–Kier alpha value is -2.08. The van der Waals surface area contributed by atoms with Gasteiger partial charge in [-0.15, -0.1) is 11.3 Å². The van der Waals surface area contributed by atoms with Gasteiger partial charge in [-0.3, -0.25) is 4.79 Å². The average molecular weight is 303 g/mol. The van der Waals surface area contributed by atoms with Gasteiger partial charge in [-0.25, -0.2) is 4.98 Å². The molecule has 3 rings (SSSR count). The predicted octanol–water partition coefficient (Wildman–Crippen LogP) is 2.83. The number of hydrogen-bond acceptors (Lipinski definition) is 5. The van der Waals surface area contributed by atoms with Gasteiger partial charge in [0.2, 0.25) is 0 Å². The first kappa shape index (κ1) is 13.9. The molecule has 1 aromatic carbocycles. The van der Waals surface area contributed by atoms with E-state index in [0.717, 1.165) is 23.7 Å². The van der Waals surface area contributed by atoms with Gasteiger partial charge in [-0.2, -0.15) is 0 Å². The van der Waals surface area contributed by atoms with E-state index in [9.17, 15) is 4.79 Å². The quantitative estimate of drug-likeness (QED) is 0.911. The molecule has 1 aromatic heterocycles. The molecule has 0 aliphatic carbocycles. The highest BCUT2D eigenvalue weighted by Crippen LogP contribution is 2.31. The summed E-state index contributed by atoms with van der Waals surface area (Å²) in [5.41, 5.74) is 1.44. The topological polar surface area (TPSA) is 63.2 Å². The number of ether oxygens (including phenoxy) is 1. The van der Waals surface area contributed by atoms with Crippen molar-refractivity contribution in [3.63, 3.8) is 0 Å². The van der Waals surface area contributed by atoms with Gasteiger partial charge in [0.25, 0.3) is 5.91 Å². The summed E-state index contributed by atoms with van der Waals surface area (Å²) in [5.74, 6) is 0.507. The fourth-order valence-electron chi connectivity index (χ4n) is 2.33. The van der Waals surface area contributed by atoms with E-state index in [1.807, 2.05) is 24.4 Å². The first-order valence-electron chi connectivity index (χ1n) is 6.99. The van der Waals surface area contributed by atoms with E-state index in [1.165, 1.54) is 0 Å². The second-order valence-electron chi connectivity index (χ2n) is 4.76. The van der Waals surface area contributed by atoms with Crippen molar-refractivity contribution < 1.29 is 9.53 Å². The monoisotopic (exact) mass is 303 g/mol. The van der Waals surface area contributed by atoms with Gasteiger partial charge in [-0.1, -0.05) is 13.0 Å². The Morgan fingerprint density at radius 2 is 2.48 bits per heavy atom. The van der Waals surface area contributed by atoms with Gasteiger partial charge in [0.1, 0.15) is 11.6 Å². The molecule has 0 fully saturated rings. The minimum atomic E-state index is -0.127. The van der Waals surface area contributed by atoms with E-state index in [0.29, 0.717) is 17.9 Å². The van der Waals surface area contributed by atoms with E-state index in [4.69, 9.17) is 4.74 Å². The Kier molecular flexibility index (Phi) is 4.06. The smallest absolute Gasteiger partial charge is 0.255 e. The molecule has 21 heavy (non-hydrogen) atoms. The number of thiazole rings is 1. The zero-order valence-electron chi connectivity index (χ0n) is 11.8. The Morgan fingerprint density at radius 3 is 3.24 bits per heavy atom. The van der Waals surface area contributed by atoms with Crippen molar-refractivity contribution in [2.45, 2.75) is 19.4 Å². The highest BCUT2D eigenvalue weighted by atomic mass is 32.1. The Balaban J connectivity index is 1.82. The maximum absolute atomic E-state index is 12.5. The zero-order chi connectivity index (χ0) is 14.7. The molecule has 2 heterocycles. The number of benzene rings is 1. The first-order chi connectivity index (χ1) is 10.3. The van der Waals surface area contributed by atoms with Crippen molar-refractivity contribution >= 4 is 22.9 Å². The molecule has 5 nitrogen and oxygen atoms in total. The van der Waals surface area contributed by atoms with Gasteiger partial charge < -0.3 is 15.4 Å². The SMILES string of the molecule is CCC(NC(=O)c1cccc2c1OCCN2)c1nccs1. The fraction of sp³-hybridized carbons (Fsp3) is 0.333. The third-order valence-corrected chi connectivity index (χ3v) is 4.28. The van der Waals surface area contributed by atoms with Crippen molar-refractivity contribution in [3.8, 4) is 5.75 Å². The lowest BCUT2D eigenvalue weighted by Gasteiger charge is -2.22. The van der Waals surface area contributed by atoms with E-state index in [2.05, 4.69) is 15.6 Å². The summed E-state index contributed by atoms with van der Waals surface area (Å²) < 4.78 is 5.65. The van der Waals surface area contributed by atoms with Crippen LogP contribution in [0.2, 0.25) is 0 Å². The number of nitrogens with one attached hydrogen (secondary N) is 2. The van der Waals surface area contributed by atoms with Crippen LogP contribution in [0, 0.1) is 0 Å². The molecule has 1 aliphatic rings. The van der Waals surface area contributed by atoms with Crippen LogP contribution >= 0.6 is 11.3 Å². The van der Waals surface area contributed by atoms with E-state index in [-0.39, 0.29) is 11.9 Å². The second kappa shape index (κ2) is 6.13. The Morgan fingerprint density at radius 1 is 1.57 bits per heavy atom. The molecule has 6 heteroatoms. The number of fused-ring (bicyclic) bond motifs is 1. The summed E-state index contributed by atoms with van der Waals surface area (Å²) in [6.07, 6.45) is 2.56. The second-order valence-corrected chi connectivity index (χ2v) is 5.69. The molecule has 0 spiro atoms. The lowest BCUT2D eigenvalue weighted by molar-refractivity contribution is 0.0931. The van der Waals surface area contributed by atoms with Crippen LogP contribution in [0.1, 0.15) is 34.8 Å². The van der Waals surface area contributed by atoms with E-state index >= 15 is 0 Å². The van der Waals surface area contributed by atoms with Crippen molar-refractivity contribution in [2.24, 2.45) is 0 Å². The Bertz CT molecular complexity index is 628. The maximum Gasteiger partial charge on any atom is 0.255 e. The Labute approximate surface area is 127 Å². The minimum absolute atomic E-state index is 0.0649. The number of aromatic nitrogens is 1. The lowest BCUT2D eigenvalue weighted by Crippen LogP contribution is -2.29. The number of carbonyl (C=O) groups is 1. The van der Waals surface area contributed by atoms with Gasteiger partial charge in [0.15, 0.2) is 5.75 Å². The van der Waals surface area contributed by atoms with Crippen molar-refractivity contribution in [2.75, 3.05) is 18.5 Å². The third kappa shape index (κ3) is 2.85. The molecule has 1 unspecified atom stereocenters. The van der Waals surface area contributed by atoms with Gasteiger partial charge in [-0.05, 0) is 18.6 Å². The minimum Gasteiger partial charge on any atom is -0.489 e. The maximum atomic E-state index is 12.5. The average Bonchev–Trinajstić information content (AvgIpc) is 3.06. The van der Waals surface area contributed by atoms with E-state index < -0.39 is 0 Å². The van der Waals surface area contributed by atoms with E-state index in [1.54, 1.807) is 23.6 Å². The molecule has 0 bridgehead atoms. The molecule has 1 atom stereocenters. The molecule has 0 saturated carbocycles. The van der Waals surface area contributed by atoms with Crippen LogP contribution in [0.15, 0.2) is 29.8 Å². The number of para-hydroxylation sites is 1. The van der Waals surface area contributed by atoms with Crippen LogP contribution in [0.3, 0.4) is 0 Å². The molecule has 0 radical (unpaired) electrons. The zero-order valence-corrected chi connectivity index (χ0v) is 12.6. The molecule has 1 amide bonds. The summed E-state index contributed by atoms with van der Waals surface area (Å²) >= 11 is 1.55. The largest absolute Gasteiger partial charge is 0.489 e. The van der Waals surface area contributed by atoms with Gasteiger partial charge >= 0.3 is 0 Å². The molecule has 110 valence electrons. The standard InChI is InChI=1S/C15H17N3O2S/c1-2-11(15-17-7-9-21-15)18-14(19)10-4-3-5-12-13(10)20-8-6-16-12/h3-5,7,9,11,16H,2,6,8H2,1H3,(H,18,19). The van der Waals surface area contributed by atoms with Crippen LogP contribution in [0.4, 0.5) is 5.69 Å². The van der Waals surface area contributed by atoms with Crippen LogP contribution in [0.5, 0.6) is 5.75 Å². The molecular formula is C15H17N3O2S. The third-order valence-electron chi connectivity index (χ3n) is 3.39. The number of hydrogen-bond donors (Lipinski definition) is 2. The van der Waals surface area contributed by atoms with Crippen LogP contribution in [-0.2, 0) is 0 Å². The normalized spacial score (nSPS) is 14.5. The van der Waals surface area contributed by atoms with Crippen LogP contribution < -0.4 is 15.4 Å². The molecule has 2 aromatic rings. The molecule has 2 N–H and O–H groups in total. The number of carbonyl (C=O) groups excluding carboxylic acids is 1. The summed E-state index contributed by atoms with van der Waals surface area (Å²) in [7, 11) is 0. The summed E-state index contributed by atoms with van der Waals surface area (Å²) in [4.78, 5) is 16.8. The summed E-state index contributed by atoms with van der Waals surface area (Å²) in [6.45, 7) is 3.36. The fourth-order valence-corrected chi connectivity index (χ4v) is 3.10. The number of nitrogens with zero attached hydrogens (tertiary/aromatic N) is 1. The molecule has 0 saturated heterocycles. The highest BCUT2D eigenvalue weighted by Gasteiger charge is 2.22. The molecule has 1 aliphatic heterocycles. The molecular weight excluding hydrogens is 286 g/mol. The summed E-state index contributed by atoms with van der Waals surface area (Å²) in [5, 5.41) is 9.12. The lowest BCUT2D eigenvalue weighted by atomic mass is 10.1.